The molecule has 0 bridgehead atoms. The maximum Gasteiger partial charge on any atom is 0.372 e. The van der Waals surface area contributed by atoms with E-state index in [1.54, 1.807) is 0 Å². The van der Waals surface area contributed by atoms with Gasteiger partial charge < -0.3 is 10.5 Å². The monoisotopic (exact) mass is 294 g/mol. The van der Waals surface area contributed by atoms with Crippen LogP contribution >= 0.6 is 0 Å². The summed E-state index contributed by atoms with van der Waals surface area (Å²) in [5, 5.41) is 11.1. The molecule has 1 aliphatic rings. The molecule has 0 radical (unpaired) electrons. The summed E-state index contributed by atoms with van der Waals surface area (Å²) in [6, 6.07) is 0. The van der Waals surface area contributed by atoms with Gasteiger partial charge in [-0.25, -0.2) is 4.98 Å². The van der Waals surface area contributed by atoms with Crippen molar-refractivity contribution in [1.82, 2.24) is 9.97 Å². The second-order valence-corrected chi connectivity index (χ2v) is 6.15. The Labute approximate surface area is 124 Å². The predicted octanol–water partition coefficient (Wildman–Crippen LogP) is 2.81. The van der Waals surface area contributed by atoms with Crippen molar-refractivity contribution in [3.05, 3.63) is 16.4 Å². The van der Waals surface area contributed by atoms with Crippen molar-refractivity contribution >= 4 is 11.5 Å². The molecule has 3 atom stereocenters. The van der Waals surface area contributed by atoms with Crippen LogP contribution in [0.2, 0.25) is 0 Å². The van der Waals surface area contributed by atoms with E-state index in [2.05, 4.69) is 30.7 Å². The molecule has 0 saturated heterocycles. The van der Waals surface area contributed by atoms with Gasteiger partial charge in [0.15, 0.2) is 0 Å². The first-order valence-corrected chi connectivity index (χ1v) is 7.31. The van der Waals surface area contributed by atoms with Crippen LogP contribution < -0.4 is 10.5 Å². The zero-order valence-corrected chi connectivity index (χ0v) is 12.7. The maximum atomic E-state index is 11.1. The number of hydrogen-bond acceptors (Lipinski definition) is 6. The van der Waals surface area contributed by atoms with Crippen molar-refractivity contribution < 1.29 is 9.66 Å². The summed E-state index contributed by atoms with van der Waals surface area (Å²) in [7, 11) is 0. The van der Waals surface area contributed by atoms with E-state index in [1.807, 2.05) is 0 Å². The third-order valence-corrected chi connectivity index (χ3v) is 4.22. The van der Waals surface area contributed by atoms with E-state index < -0.39 is 4.92 Å². The second kappa shape index (κ2) is 6.24. The van der Waals surface area contributed by atoms with Gasteiger partial charge in [-0.3, -0.25) is 10.1 Å². The summed E-state index contributed by atoms with van der Waals surface area (Å²) in [5.41, 5.74) is 5.24. The first-order chi connectivity index (χ1) is 9.90. The lowest BCUT2D eigenvalue weighted by molar-refractivity contribution is -0.385. The molecule has 1 saturated carbocycles. The van der Waals surface area contributed by atoms with Crippen molar-refractivity contribution in [3.63, 3.8) is 0 Å². The van der Waals surface area contributed by atoms with E-state index in [9.17, 15) is 10.1 Å². The van der Waals surface area contributed by atoms with Crippen molar-refractivity contribution in [2.24, 2.45) is 17.8 Å². The van der Waals surface area contributed by atoms with Gasteiger partial charge in [0.2, 0.25) is 5.82 Å². The van der Waals surface area contributed by atoms with E-state index in [0.717, 1.165) is 19.3 Å². The zero-order valence-electron chi connectivity index (χ0n) is 12.7. The minimum absolute atomic E-state index is 0.0164. The Hall–Kier alpha value is -1.92. The molecule has 1 aromatic rings. The Kier molecular flexibility index (Phi) is 4.59. The number of nitro groups is 1. The first-order valence-electron chi connectivity index (χ1n) is 7.31. The topological polar surface area (TPSA) is 104 Å². The number of aromatic nitrogens is 2. The molecule has 2 N–H and O–H groups in total. The zero-order chi connectivity index (χ0) is 15.6. The summed E-state index contributed by atoms with van der Waals surface area (Å²) in [6.07, 6.45) is 4.24. The Morgan fingerprint density at radius 2 is 2.14 bits per heavy atom. The van der Waals surface area contributed by atoms with Crippen LogP contribution in [0.3, 0.4) is 0 Å². The summed E-state index contributed by atoms with van der Waals surface area (Å²) >= 11 is 0. The fraction of sp³-hybridized carbons (Fsp3) is 0.714. The lowest BCUT2D eigenvalue weighted by atomic mass is 9.75. The van der Waals surface area contributed by atoms with Crippen molar-refractivity contribution in [1.29, 1.82) is 0 Å². The average Bonchev–Trinajstić information content (AvgIpc) is 2.37. The van der Waals surface area contributed by atoms with Crippen LogP contribution in [0.1, 0.15) is 40.0 Å². The van der Waals surface area contributed by atoms with Crippen LogP contribution in [0.4, 0.5) is 11.5 Å². The van der Waals surface area contributed by atoms with E-state index in [1.165, 1.54) is 6.33 Å². The van der Waals surface area contributed by atoms with Crippen LogP contribution in [-0.4, -0.2) is 21.0 Å². The van der Waals surface area contributed by atoms with Gasteiger partial charge in [0.1, 0.15) is 12.4 Å². The third kappa shape index (κ3) is 3.40. The number of nitrogens with zero attached hydrogens (tertiary/aromatic N) is 3. The molecule has 0 amide bonds. The highest BCUT2D eigenvalue weighted by molar-refractivity contribution is 5.57. The molecule has 7 heteroatoms. The summed E-state index contributed by atoms with van der Waals surface area (Å²) in [5.74, 6) is 1.20. The largest absolute Gasteiger partial charge is 0.469 e. The SMILES string of the molecule is CC1CCC(C(C)C)C(Oc2ncnc(N)c2[N+](=O)[O-])C1. The molecule has 7 nitrogen and oxygen atoms in total. The van der Waals surface area contributed by atoms with E-state index >= 15 is 0 Å². The molecule has 0 spiro atoms. The van der Waals surface area contributed by atoms with E-state index in [-0.39, 0.29) is 23.5 Å². The van der Waals surface area contributed by atoms with E-state index in [4.69, 9.17) is 10.5 Å². The summed E-state index contributed by atoms with van der Waals surface area (Å²) in [4.78, 5) is 18.1. The molecule has 1 heterocycles. The second-order valence-electron chi connectivity index (χ2n) is 6.15. The molecule has 1 fully saturated rings. The average molecular weight is 294 g/mol. The van der Waals surface area contributed by atoms with Crippen LogP contribution in [0.25, 0.3) is 0 Å². The number of ether oxygens (including phenoxy) is 1. The number of rotatable bonds is 4. The normalized spacial score (nSPS) is 25.8. The highest BCUT2D eigenvalue weighted by Gasteiger charge is 2.34. The molecule has 0 aromatic carbocycles. The van der Waals surface area contributed by atoms with E-state index in [0.29, 0.717) is 17.8 Å². The minimum atomic E-state index is -0.582. The molecule has 116 valence electrons. The Bertz CT molecular complexity index is 521. The number of hydrogen-bond donors (Lipinski definition) is 1. The molecule has 1 aliphatic carbocycles. The van der Waals surface area contributed by atoms with Gasteiger partial charge in [-0.1, -0.05) is 27.2 Å². The highest BCUT2D eigenvalue weighted by atomic mass is 16.6. The van der Waals surface area contributed by atoms with Gasteiger partial charge in [-0.2, -0.15) is 4.98 Å². The molecule has 3 unspecified atom stereocenters. The van der Waals surface area contributed by atoms with Gasteiger partial charge >= 0.3 is 5.69 Å². The molecule has 0 aliphatic heterocycles. The van der Waals surface area contributed by atoms with Gasteiger partial charge in [0, 0.05) is 0 Å². The van der Waals surface area contributed by atoms with Gasteiger partial charge in [0.05, 0.1) is 4.92 Å². The van der Waals surface area contributed by atoms with Crippen LogP contribution in [0.5, 0.6) is 5.88 Å². The Balaban J connectivity index is 2.27. The number of nitrogens with two attached hydrogens (primary N) is 1. The number of anilines is 1. The van der Waals surface area contributed by atoms with Crippen LogP contribution in [0.15, 0.2) is 6.33 Å². The quantitative estimate of drug-likeness (QED) is 0.676. The molecule has 2 rings (SSSR count). The summed E-state index contributed by atoms with van der Waals surface area (Å²) < 4.78 is 5.90. The smallest absolute Gasteiger partial charge is 0.372 e. The third-order valence-electron chi connectivity index (χ3n) is 4.22. The van der Waals surface area contributed by atoms with Gasteiger partial charge in [-0.15, -0.1) is 0 Å². The first kappa shape index (κ1) is 15.5. The number of nitrogen functional groups attached to an aromatic ring is 1. The van der Waals surface area contributed by atoms with Crippen LogP contribution in [0, 0.1) is 27.9 Å². The van der Waals surface area contributed by atoms with Crippen molar-refractivity contribution in [2.75, 3.05) is 5.73 Å². The Morgan fingerprint density at radius 3 is 2.76 bits per heavy atom. The molecular weight excluding hydrogens is 272 g/mol. The predicted molar refractivity (Wildman–Crippen MR) is 78.9 cm³/mol. The Morgan fingerprint density at radius 1 is 1.43 bits per heavy atom. The standard InChI is InChI=1S/C14H22N4O3/c1-8(2)10-5-4-9(3)6-11(10)21-14-12(18(19)20)13(15)16-7-17-14/h7-11H,4-6H2,1-3H3,(H2,15,16,17). The fourth-order valence-corrected chi connectivity index (χ4v) is 3.03. The highest BCUT2D eigenvalue weighted by Crippen LogP contribution is 2.38. The van der Waals surface area contributed by atoms with Gasteiger partial charge in [0.25, 0.3) is 5.88 Å². The molecule has 1 aromatic heterocycles. The maximum absolute atomic E-state index is 11.1. The fourth-order valence-electron chi connectivity index (χ4n) is 3.03. The molecule has 21 heavy (non-hydrogen) atoms. The lowest BCUT2D eigenvalue weighted by Gasteiger charge is -2.36. The van der Waals surface area contributed by atoms with Crippen LogP contribution in [-0.2, 0) is 0 Å². The minimum Gasteiger partial charge on any atom is -0.469 e. The summed E-state index contributed by atoms with van der Waals surface area (Å²) in [6.45, 7) is 6.48. The van der Waals surface area contributed by atoms with Crippen molar-refractivity contribution in [2.45, 2.75) is 46.1 Å². The van der Waals surface area contributed by atoms with Crippen molar-refractivity contribution in [3.8, 4) is 5.88 Å². The van der Waals surface area contributed by atoms with Gasteiger partial charge in [-0.05, 0) is 30.6 Å². The lowest BCUT2D eigenvalue weighted by Crippen LogP contribution is -2.36. The molecular formula is C14H22N4O3.